The molecule has 0 aromatic rings. The van der Waals surface area contributed by atoms with Gasteiger partial charge in [0.25, 0.3) is 0 Å². The van der Waals surface area contributed by atoms with Crippen LogP contribution in [0.1, 0.15) is 12.8 Å². The van der Waals surface area contributed by atoms with Crippen LogP contribution in [-0.4, -0.2) is 173 Å². The van der Waals surface area contributed by atoms with E-state index in [1.54, 1.807) is 42.7 Å². The molecule has 0 fully saturated rings. The third-order valence-electron chi connectivity index (χ3n) is 6.37. The summed E-state index contributed by atoms with van der Waals surface area (Å²) in [4.78, 5) is 2.20. The van der Waals surface area contributed by atoms with Crippen LogP contribution in [0.4, 0.5) is 0 Å². The van der Waals surface area contributed by atoms with Gasteiger partial charge in [-0.2, -0.15) is 0 Å². The van der Waals surface area contributed by atoms with Crippen LogP contribution in [0.5, 0.6) is 0 Å². The maximum absolute atomic E-state index is 10.5. The Bertz CT molecular complexity index is 600. The van der Waals surface area contributed by atoms with Crippen molar-refractivity contribution in [3.63, 3.8) is 0 Å². The van der Waals surface area contributed by atoms with Gasteiger partial charge in [-0.3, -0.25) is 30.0 Å². The zero-order valence-electron chi connectivity index (χ0n) is 27.4. The molecule has 0 rings (SSSR count). The molecule has 43 heavy (non-hydrogen) atoms. The monoisotopic (exact) mass is 669 g/mol. The maximum atomic E-state index is 10.5. The second kappa shape index (κ2) is 28.3. The van der Waals surface area contributed by atoms with Crippen molar-refractivity contribution >= 4 is 21.7 Å². The molecule has 0 bridgehead atoms. The highest BCUT2D eigenvalue weighted by Crippen LogP contribution is 2.50. The molecule has 0 saturated carbocycles. The number of nitrogens with one attached hydrogen (secondary N) is 3. The first-order chi connectivity index (χ1) is 20.8. The summed E-state index contributed by atoms with van der Waals surface area (Å²) in [6.07, 6.45) is 0.215. The molecule has 0 spiro atoms. The van der Waals surface area contributed by atoms with Crippen molar-refractivity contribution < 1.29 is 44.8 Å². The van der Waals surface area contributed by atoms with E-state index in [1.165, 1.54) is 0 Å². The van der Waals surface area contributed by atoms with E-state index < -0.39 is 33.9 Å². The van der Waals surface area contributed by atoms with Crippen molar-refractivity contribution in [3.05, 3.63) is 0 Å². The summed E-state index contributed by atoms with van der Waals surface area (Å²) in [7, 11) is 5.45. The molecule has 0 aliphatic heterocycles. The molecule has 2 atom stereocenters. The maximum Gasteiger partial charge on any atom is 0.0900 e. The molecule has 17 heteroatoms. The smallest absolute Gasteiger partial charge is 0.0900 e. The normalized spacial score (nSPS) is 14.8. The van der Waals surface area contributed by atoms with Gasteiger partial charge >= 0.3 is 0 Å². The minimum absolute atomic E-state index is 0.251. The number of hydrogen-bond acceptors (Lipinski definition) is 15. The fourth-order valence-corrected chi connectivity index (χ4v) is 6.76. The number of aliphatic hydroxyl groups excluding tert-OH is 2. The van der Waals surface area contributed by atoms with E-state index in [9.17, 15) is 10.2 Å². The molecule has 0 radical (unpaired) electrons. The van der Waals surface area contributed by atoms with Gasteiger partial charge in [-0.05, 0) is 12.8 Å². The SMILES string of the molecule is COS(CCCOCC(O)CNCCNCCN(CCNCCN)CC(O)COCCCS(OC)(OC)OC)(OC)OC. The first-order valence-electron chi connectivity index (χ1n) is 14.8. The highest BCUT2D eigenvalue weighted by Gasteiger charge is 2.23. The fourth-order valence-electron chi connectivity index (χ4n) is 4.00. The van der Waals surface area contributed by atoms with Crippen LogP contribution >= 0.6 is 21.7 Å². The Kier molecular flexibility index (Phi) is 28.4. The first kappa shape index (κ1) is 43.1. The quantitative estimate of drug-likeness (QED) is 0.0494. The molecule has 2 unspecified atom stereocenters. The van der Waals surface area contributed by atoms with Crippen molar-refractivity contribution in [1.82, 2.24) is 20.9 Å². The topological polar surface area (TPSA) is 180 Å². The molecule has 15 nitrogen and oxygen atoms in total. The Morgan fingerprint density at radius 1 is 0.628 bits per heavy atom. The van der Waals surface area contributed by atoms with Crippen molar-refractivity contribution in [1.29, 1.82) is 0 Å². The van der Waals surface area contributed by atoms with Crippen LogP contribution in [0.2, 0.25) is 0 Å². The number of hydrogen-bond donors (Lipinski definition) is 6. The van der Waals surface area contributed by atoms with Crippen molar-refractivity contribution in [2.24, 2.45) is 5.73 Å². The van der Waals surface area contributed by atoms with E-state index in [-0.39, 0.29) is 13.2 Å². The van der Waals surface area contributed by atoms with Crippen molar-refractivity contribution in [3.8, 4) is 0 Å². The minimum Gasteiger partial charge on any atom is -0.389 e. The van der Waals surface area contributed by atoms with E-state index in [1.807, 2.05) is 0 Å². The van der Waals surface area contributed by atoms with Gasteiger partial charge < -0.3 is 41.4 Å². The van der Waals surface area contributed by atoms with Gasteiger partial charge in [-0.15, -0.1) is 0 Å². The van der Waals surface area contributed by atoms with Gasteiger partial charge in [0.15, 0.2) is 0 Å². The summed E-state index contributed by atoms with van der Waals surface area (Å²) < 4.78 is 43.4. The average molecular weight is 670 g/mol. The van der Waals surface area contributed by atoms with Gasteiger partial charge in [0.05, 0.1) is 89.8 Å². The largest absolute Gasteiger partial charge is 0.389 e. The molecule has 0 saturated heterocycles. The lowest BCUT2D eigenvalue weighted by atomic mass is 10.3. The Labute approximate surface area is 263 Å². The number of nitrogens with zero attached hydrogens (tertiary/aromatic N) is 1. The van der Waals surface area contributed by atoms with E-state index in [0.29, 0.717) is 63.7 Å². The van der Waals surface area contributed by atoms with Gasteiger partial charge in [0.1, 0.15) is 0 Å². The lowest BCUT2D eigenvalue weighted by Crippen LogP contribution is -2.43. The van der Waals surface area contributed by atoms with E-state index in [4.69, 9.17) is 40.3 Å². The number of rotatable bonds is 33. The van der Waals surface area contributed by atoms with Crippen molar-refractivity contribution in [2.75, 3.05) is 146 Å². The van der Waals surface area contributed by atoms with Crippen LogP contribution in [0.25, 0.3) is 0 Å². The molecule has 7 N–H and O–H groups in total. The summed E-state index contributed by atoms with van der Waals surface area (Å²) in [6.45, 7) is 8.34. The van der Waals surface area contributed by atoms with Gasteiger partial charge in [0.2, 0.25) is 0 Å². The van der Waals surface area contributed by atoms with E-state index in [2.05, 4.69) is 20.9 Å². The molecular formula is C26H63N5O10S2. The number of ether oxygens (including phenoxy) is 2. The molecule has 0 aliphatic rings. The van der Waals surface area contributed by atoms with Crippen molar-refractivity contribution in [2.45, 2.75) is 25.0 Å². The summed E-state index contributed by atoms with van der Waals surface area (Å²) >= 11 is 0. The van der Waals surface area contributed by atoms with E-state index in [0.717, 1.165) is 39.3 Å². The predicted octanol–water partition coefficient (Wildman–Crippen LogP) is -0.471. The highest BCUT2D eigenvalue weighted by atomic mass is 32.3. The second-order valence-electron chi connectivity index (χ2n) is 9.48. The summed E-state index contributed by atoms with van der Waals surface area (Å²) in [6, 6.07) is 0. The lowest BCUT2D eigenvalue weighted by Gasteiger charge is -2.33. The van der Waals surface area contributed by atoms with Crippen LogP contribution < -0.4 is 21.7 Å². The fraction of sp³-hybridized carbons (Fsp3) is 1.00. The second-order valence-corrected chi connectivity index (χ2v) is 14.5. The van der Waals surface area contributed by atoms with Gasteiger partial charge in [0, 0.05) is 90.2 Å². The number of nitrogens with two attached hydrogens (primary N) is 1. The highest BCUT2D eigenvalue weighted by molar-refractivity contribution is 8.22. The summed E-state index contributed by atoms with van der Waals surface area (Å²) in [5.74, 6) is 1.20. The van der Waals surface area contributed by atoms with Gasteiger partial charge in [-0.1, -0.05) is 0 Å². The van der Waals surface area contributed by atoms with Crippen LogP contribution in [0.15, 0.2) is 0 Å². The minimum atomic E-state index is -1.99. The molecule has 0 aromatic carbocycles. The molecule has 0 aliphatic carbocycles. The Balaban J connectivity index is 4.13. The lowest BCUT2D eigenvalue weighted by molar-refractivity contribution is 0.0171. The molecular weight excluding hydrogens is 606 g/mol. The van der Waals surface area contributed by atoms with Gasteiger partial charge in [-0.25, -0.2) is 0 Å². The third-order valence-corrected chi connectivity index (χ3v) is 11.0. The average Bonchev–Trinajstić information content (AvgIpc) is 3.02. The molecule has 264 valence electrons. The zero-order valence-corrected chi connectivity index (χ0v) is 29.0. The number of aliphatic hydroxyl groups is 2. The Morgan fingerprint density at radius 2 is 1.07 bits per heavy atom. The van der Waals surface area contributed by atoms with Crippen LogP contribution in [0.3, 0.4) is 0 Å². The summed E-state index contributed by atoms with van der Waals surface area (Å²) in [5, 5.41) is 30.6. The van der Waals surface area contributed by atoms with Crippen LogP contribution in [-0.2, 0) is 34.6 Å². The standard InChI is InChI=1S/C26H63N5O10S2/c1-34-42(35-2,36-3)19-7-17-40-23-25(32)21-30-12-11-29-14-16-31(15-13-28-10-9-27)22-26(33)24-41-18-8-20-43(37-4,38-5)39-6/h25-26,28-30,32-33H,7-24,27H2,1-6H3. The van der Waals surface area contributed by atoms with Crippen LogP contribution in [0, 0.1) is 0 Å². The van der Waals surface area contributed by atoms with E-state index >= 15 is 0 Å². The Morgan fingerprint density at radius 3 is 1.53 bits per heavy atom. The predicted molar refractivity (Wildman–Crippen MR) is 174 cm³/mol. The third kappa shape index (κ3) is 21.5. The first-order valence-corrected chi connectivity index (χ1v) is 18.0. The zero-order chi connectivity index (χ0) is 32.2. The molecule has 0 aromatic heterocycles. The Hall–Kier alpha value is 0.1000. The summed E-state index contributed by atoms with van der Waals surface area (Å²) in [5.41, 5.74) is 5.58. The molecule has 0 amide bonds. The molecule has 0 heterocycles.